The molecule has 1 aromatic rings. The lowest BCUT2D eigenvalue weighted by Gasteiger charge is -2.19. The van der Waals surface area contributed by atoms with E-state index >= 15 is 0 Å². The third-order valence-electron chi connectivity index (χ3n) is 3.81. The number of likely N-dealkylation sites (tertiary alicyclic amines) is 1. The summed E-state index contributed by atoms with van der Waals surface area (Å²) in [5, 5.41) is 1.15. The van der Waals surface area contributed by atoms with Crippen molar-refractivity contribution >= 4 is 15.9 Å². The van der Waals surface area contributed by atoms with E-state index in [1.807, 2.05) is 0 Å². The van der Waals surface area contributed by atoms with Crippen molar-refractivity contribution in [3.8, 4) is 0 Å². The Hall–Kier alpha value is -0.340. The molecule has 1 atom stereocenters. The molecular weight excluding hydrogens is 274 g/mol. The Bertz CT molecular complexity index is 377. The van der Waals surface area contributed by atoms with Crippen LogP contribution >= 0.6 is 15.9 Å². The van der Waals surface area contributed by atoms with Gasteiger partial charge in [0.25, 0.3) is 0 Å². The molecule has 0 aliphatic carbocycles. The second-order valence-corrected chi connectivity index (χ2v) is 6.07. The maximum absolute atomic E-state index is 3.60. The summed E-state index contributed by atoms with van der Waals surface area (Å²) in [4.78, 5) is 2.59. The van der Waals surface area contributed by atoms with Crippen LogP contribution in [0.4, 0.5) is 0 Å². The summed E-state index contributed by atoms with van der Waals surface area (Å²) in [7, 11) is 0. The summed E-state index contributed by atoms with van der Waals surface area (Å²) in [5.41, 5.74) is 5.81. The van der Waals surface area contributed by atoms with Crippen molar-refractivity contribution in [1.82, 2.24) is 4.90 Å². The van der Waals surface area contributed by atoms with Crippen molar-refractivity contribution in [3.05, 3.63) is 34.4 Å². The number of nitrogens with zero attached hydrogens (tertiary/aromatic N) is 1. The molecule has 1 aromatic carbocycles. The van der Waals surface area contributed by atoms with E-state index in [1.54, 1.807) is 0 Å². The van der Waals surface area contributed by atoms with Crippen LogP contribution in [0.15, 0.2) is 12.1 Å². The zero-order valence-electron chi connectivity index (χ0n) is 11.1. The van der Waals surface area contributed by atoms with E-state index in [-0.39, 0.29) is 0 Å². The van der Waals surface area contributed by atoms with Gasteiger partial charge in [0.1, 0.15) is 0 Å². The number of hydrogen-bond acceptors (Lipinski definition) is 1. The first kappa shape index (κ1) is 13.1. The highest BCUT2D eigenvalue weighted by Crippen LogP contribution is 2.23. The Balaban J connectivity index is 2.09. The zero-order chi connectivity index (χ0) is 12.4. The molecule has 0 radical (unpaired) electrons. The number of benzene rings is 1. The summed E-state index contributed by atoms with van der Waals surface area (Å²) in [5.74, 6) is 0.848. The van der Waals surface area contributed by atoms with Gasteiger partial charge in [0.05, 0.1) is 0 Å². The molecule has 0 N–H and O–H groups in total. The lowest BCUT2D eigenvalue weighted by atomic mass is 9.99. The van der Waals surface area contributed by atoms with Crippen molar-refractivity contribution in [2.75, 3.05) is 18.4 Å². The van der Waals surface area contributed by atoms with Crippen LogP contribution in [-0.4, -0.2) is 23.3 Å². The second kappa shape index (κ2) is 5.53. The van der Waals surface area contributed by atoms with E-state index in [1.165, 1.54) is 41.8 Å². The lowest BCUT2D eigenvalue weighted by Crippen LogP contribution is -2.21. The van der Waals surface area contributed by atoms with E-state index in [4.69, 9.17) is 0 Å². The Labute approximate surface area is 113 Å². The first-order valence-electron chi connectivity index (χ1n) is 6.45. The van der Waals surface area contributed by atoms with Gasteiger partial charge in [-0.3, -0.25) is 4.90 Å². The summed E-state index contributed by atoms with van der Waals surface area (Å²) >= 11 is 3.60. The number of alkyl halides is 1. The van der Waals surface area contributed by atoms with Crippen LogP contribution in [0.2, 0.25) is 0 Å². The van der Waals surface area contributed by atoms with Gasteiger partial charge in [0, 0.05) is 18.4 Å². The molecule has 2 rings (SSSR count). The summed E-state index contributed by atoms with van der Waals surface area (Å²) in [6.07, 6.45) is 1.34. The van der Waals surface area contributed by atoms with Gasteiger partial charge in [-0.2, -0.15) is 0 Å². The van der Waals surface area contributed by atoms with Gasteiger partial charge in [-0.25, -0.2) is 0 Å². The quantitative estimate of drug-likeness (QED) is 0.766. The highest BCUT2D eigenvalue weighted by Gasteiger charge is 2.22. The molecule has 1 aliphatic heterocycles. The van der Waals surface area contributed by atoms with E-state index in [0.717, 1.165) is 17.8 Å². The molecule has 94 valence electrons. The van der Waals surface area contributed by atoms with Crippen LogP contribution in [-0.2, 0) is 6.54 Å². The average Bonchev–Trinajstić information content (AvgIpc) is 2.71. The van der Waals surface area contributed by atoms with Crippen LogP contribution < -0.4 is 0 Å². The average molecular weight is 296 g/mol. The fourth-order valence-corrected chi connectivity index (χ4v) is 3.39. The van der Waals surface area contributed by atoms with Crippen molar-refractivity contribution in [3.63, 3.8) is 0 Å². The number of halogens is 1. The van der Waals surface area contributed by atoms with Crippen molar-refractivity contribution < 1.29 is 0 Å². The third kappa shape index (κ3) is 3.11. The largest absolute Gasteiger partial charge is 0.299 e. The Morgan fingerprint density at radius 3 is 2.41 bits per heavy atom. The highest BCUT2D eigenvalue weighted by molar-refractivity contribution is 9.09. The molecule has 0 aromatic heterocycles. The van der Waals surface area contributed by atoms with E-state index in [2.05, 4.69) is 53.7 Å². The molecule has 1 heterocycles. The van der Waals surface area contributed by atoms with Gasteiger partial charge in [-0.1, -0.05) is 33.6 Å². The molecule has 0 spiro atoms. The molecule has 1 aliphatic rings. The number of aryl methyl sites for hydroxylation is 3. The summed E-state index contributed by atoms with van der Waals surface area (Å²) in [6.45, 7) is 10.3. The van der Waals surface area contributed by atoms with Crippen molar-refractivity contribution in [2.45, 2.75) is 33.7 Å². The third-order valence-corrected chi connectivity index (χ3v) is 4.73. The van der Waals surface area contributed by atoms with Crippen LogP contribution in [0.3, 0.4) is 0 Å². The molecule has 2 heteroatoms. The predicted molar refractivity (Wildman–Crippen MR) is 77.8 cm³/mol. The fraction of sp³-hybridized carbons (Fsp3) is 0.600. The molecule has 0 bridgehead atoms. The van der Waals surface area contributed by atoms with Crippen LogP contribution in [0.1, 0.15) is 28.7 Å². The van der Waals surface area contributed by atoms with Crippen LogP contribution in [0.25, 0.3) is 0 Å². The molecular formula is C15H22BrN. The summed E-state index contributed by atoms with van der Waals surface area (Å²) < 4.78 is 0. The molecule has 17 heavy (non-hydrogen) atoms. The predicted octanol–water partition coefficient (Wildman–Crippen LogP) is 3.83. The lowest BCUT2D eigenvalue weighted by molar-refractivity contribution is 0.320. The molecule has 1 saturated heterocycles. The SMILES string of the molecule is Cc1cc(C)c(CN2CCC(CBr)C2)c(C)c1. The van der Waals surface area contributed by atoms with Gasteiger partial charge in [0.15, 0.2) is 0 Å². The smallest absolute Gasteiger partial charge is 0.0239 e. The molecule has 0 amide bonds. The van der Waals surface area contributed by atoms with Gasteiger partial charge >= 0.3 is 0 Å². The zero-order valence-corrected chi connectivity index (χ0v) is 12.7. The maximum Gasteiger partial charge on any atom is 0.0239 e. The van der Waals surface area contributed by atoms with E-state index in [0.29, 0.717) is 0 Å². The van der Waals surface area contributed by atoms with Crippen molar-refractivity contribution in [2.24, 2.45) is 5.92 Å². The molecule has 0 saturated carbocycles. The summed E-state index contributed by atoms with van der Waals surface area (Å²) in [6, 6.07) is 4.61. The first-order valence-corrected chi connectivity index (χ1v) is 7.57. The maximum atomic E-state index is 3.60. The van der Waals surface area contributed by atoms with Gasteiger partial charge in [0.2, 0.25) is 0 Å². The first-order chi connectivity index (χ1) is 8.10. The molecule has 1 unspecified atom stereocenters. The second-order valence-electron chi connectivity index (χ2n) is 5.42. The fourth-order valence-electron chi connectivity index (χ4n) is 2.87. The highest BCUT2D eigenvalue weighted by atomic mass is 79.9. The van der Waals surface area contributed by atoms with Gasteiger partial charge in [-0.15, -0.1) is 0 Å². The Morgan fingerprint density at radius 2 is 1.88 bits per heavy atom. The van der Waals surface area contributed by atoms with Crippen LogP contribution in [0, 0.1) is 26.7 Å². The Morgan fingerprint density at radius 1 is 1.24 bits per heavy atom. The normalized spacial score (nSPS) is 21.1. The minimum absolute atomic E-state index is 0.848. The minimum Gasteiger partial charge on any atom is -0.299 e. The van der Waals surface area contributed by atoms with Crippen molar-refractivity contribution in [1.29, 1.82) is 0 Å². The Kier molecular flexibility index (Phi) is 4.26. The number of rotatable bonds is 3. The molecule has 1 fully saturated rings. The van der Waals surface area contributed by atoms with E-state index < -0.39 is 0 Å². The number of hydrogen-bond donors (Lipinski definition) is 0. The van der Waals surface area contributed by atoms with E-state index in [9.17, 15) is 0 Å². The topological polar surface area (TPSA) is 3.24 Å². The van der Waals surface area contributed by atoms with Crippen LogP contribution in [0.5, 0.6) is 0 Å². The van der Waals surface area contributed by atoms with Gasteiger partial charge in [-0.05, 0) is 56.3 Å². The minimum atomic E-state index is 0.848. The monoisotopic (exact) mass is 295 g/mol. The van der Waals surface area contributed by atoms with Gasteiger partial charge < -0.3 is 0 Å². The standard InChI is InChI=1S/C15H22BrN/c1-11-6-12(2)15(13(3)7-11)10-17-5-4-14(8-16)9-17/h6-7,14H,4-5,8-10H2,1-3H3. The molecule has 1 nitrogen and oxygen atoms in total.